The van der Waals surface area contributed by atoms with Crippen LogP contribution >= 0.6 is 0 Å². The Balaban J connectivity index is 1.93. The lowest BCUT2D eigenvalue weighted by molar-refractivity contribution is -0.785. The number of Topliss-reactive ketones (excluding diaryl/α,β-unsaturated/α-hetero) is 1. The Hall–Kier alpha value is -1.13. The number of rotatable bonds is 4. The Bertz CT molecular complexity index is 417. The van der Waals surface area contributed by atoms with E-state index in [1.54, 1.807) is 0 Å². The molecule has 0 aromatic heterocycles. The summed E-state index contributed by atoms with van der Waals surface area (Å²) in [6.45, 7) is 3.86. The van der Waals surface area contributed by atoms with Gasteiger partial charge in [0, 0.05) is 11.3 Å². The number of carbonyl (C=O) groups excluding carboxylic acids is 1. The molecule has 4 aliphatic carbocycles. The highest BCUT2D eigenvalue weighted by molar-refractivity contribution is 5.87. The number of hydrogen-bond donors (Lipinski definition) is 0. The van der Waals surface area contributed by atoms with E-state index in [0.717, 1.165) is 32.1 Å². The van der Waals surface area contributed by atoms with E-state index in [2.05, 4.69) is 0 Å². The van der Waals surface area contributed by atoms with Crippen molar-refractivity contribution in [1.82, 2.24) is 0 Å². The third-order valence-corrected chi connectivity index (χ3v) is 5.32. The summed E-state index contributed by atoms with van der Waals surface area (Å²) in [5, 5.41) is 10.1. The van der Waals surface area contributed by atoms with Crippen LogP contribution in [-0.2, 0) is 9.63 Å². The molecule has 0 aromatic carbocycles. The van der Waals surface area contributed by atoms with E-state index in [1.807, 2.05) is 13.8 Å². The van der Waals surface area contributed by atoms with E-state index in [0.29, 0.717) is 18.3 Å². The Morgan fingerprint density at radius 1 is 1.26 bits per heavy atom. The van der Waals surface area contributed by atoms with Gasteiger partial charge in [-0.15, -0.1) is 10.1 Å². The third-order valence-electron chi connectivity index (χ3n) is 5.32. The van der Waals surface area contributed by atoms with E-state index in [4.69, 9.17) is 4.84 Å². The van der Waals surface area contributed by atoms with Crippen LogP contribution in [0.15, 0.2) is 0 Å². The van der Waals surface area contributed by atoms with E-state index < -0.39 is 10.7 Å². The van der Waals surface area contributed by atoms with Gasteiger partial charge < -0.3 is 4.84 Å². The molecule has 19 heavy (non-hydrogen) atoms. The highest BCUT2D eigenvalue weighted by atomic mass is 17.0. The molecule has 2 unspecified atom stereocenters. The second-order valence-corrected chi connectivity index (χ2v) is 7.26. The fourth-order valence-corrected chi connectivity index (χ4v) is 5.34. The summed E-state index contributed by atoms with van der Waals surface area (Å²) < 4.78 is 0. The van der Waals surface area contributed by atoms with Gasteiger partial charge in [-0.1, -0.05) is 13.8 Å². The first-order valence-corrected chi connectivity index (χ1v) is 7.22. The summed E-state index contributed by atoms with van der Waals surface area (Å²) in [4.78, 5) is 28.5. The number of hydrogen-bond acceptors (Lipinski definition) is 4. The molecular weight excluding hydrogens is 246 g/mol. The first-order valence-electron chi connectivity index (χ1n) is 7.22. The van der Waals surface area contributed by atoms with Gasteiger partial charge >= 0.3 is 0 Å². The monoisotopic (exact) mass is 267 g/mol. The van der Waals surface area contributed by atoms with Crippen LogP contribution < -0.4 is 0 Å². The molecule has 4 rings (SSSR count). The average Bonchev–Trinajstić information content (AvgIpc) is 2.23. The molecule has 0 heterocycles. The fourth-order valence-electron chi connectivity index (χ4n) is 5.34. The Labute approximate surface area is 112 Å². The lowest BCUT2D eigenvalue weighted by Gasteiger charge is -2.60. The smallest absolute Gasteiger partial charge is 0.295 e. The molecular formula is C14H21NO4. The zero-order chi connectivity index (χ0) is 13.8. The number of ketones is 1. The standard InChI is InChI=1S/C14H21NO4/c1-9(2)12(16)13-4-10-3-11(5-13)7-14(6-10,8-13)19-15(17)18/h9-11H,3-8H2,1-2H3. The average molecular weight is 267 g/mol. The van der Waals surface area contributed by atoms with Gasteiger partial charge in [0.2, 0.25) is 0 Å². The summed E-state index contributed by atoms with van der Waals surface area (Å²) in [6, 6.07) is 0. The summed E-state index contributed by atoms with van der Waals surface area (Å²) in [7, 11) is 0. The predicted molar refractivity (Wildman–Crippen MR) is 67.8 cm³/mol. The first kappa shape index (κ1) is 12.9. The van der Waals surface area contributed by atoms with Crippen LogP contribution in [0, 0.1) is 33.3 Å². The van der Waals surface area contributed by atoms with Crippen LogP contribution in [0.25, 0.3) is 0 Å². The third kappa shape index (κ3) is 1.94. The Morgan fingerprint density at radius 3 is 2.32 bits per heavy atom. The molecule has 4 saturated carbocycles. The van der Waals surface area contributed by atoms with Gasteiger partial charge in [0.05, 0.1) is 0 Å². The van der Waals surface area contributed by atoms with Crippen LogP contribution in [0.1, 0.15) is 52.4 Å². The Kier molecular flexibility index (Phi) is 2.67. The van der Waals surface area contributed by atoms with Crippen molar-refractivity contribution in [2.45, 2.75) is 58.0 Å². The lowest BCUT2D eigenvalue weighted by atomic mass is 9.46. The van der Waals surface area contributed by atoms with E-state index in [9.17, 15) is 14.9 Å². The molecule has 0 saturated heterocycles. The van der Waals surface area contributed by atoms with Crippen molar-refractivity contribution >= 4 is 5.78 Å². The molecule has 0 spiro atoms. The summed E-state index contributed by atoms with van der Waals surface area (Å²) in [5.74, 6) is 1.16. The van der Waals surface area contributed by atoms with Gasteiger partial charge in [-0.05, 0) is 50.4 Å². The van der Waals surface area contributed by atoms with Crippen molar-refractivity contribution in [3.8, 4) is 0 Å². The van der Waals surface area contributed by atoms with Crippen LogP contribution in [0.4, 0.5) is 0 Å². The molecule has 106 valence electrons. The molecule has 0 aliphatic heterocycles. The molecule has 4 fully saturated rings. The molecule has 4 bridgehead atoms. The second kappa shape index (κ2) is 3.93. The maximum absolute atomic E-state index is 12.6. The molecule has 0 aromatic rings. The molecule has 0 radical (unpaired) electrons. The molecule has 5 nitrogen and oxygen atoms in total. The predicted octanol–water partition coefficient (Wildman–Crippen LogP) is 2.76. The van der Waals surface area contributed by atoms with E-state index in [-0.39, 0.29) is 17.1 Å². The van der Waals surface area contributed by atoms with Crippen LogP contribution in [0.5, 0.6) is 0 Å². The van der Waals surface area contributed by atoms with Crippen molar-refractivity contribution in [1.29, 1.82) is 0 Å². The number of nitrogens with zero attached hydrogens (tertiary/aromatic N) is 1. The van der Waals surface area contributed by atoms with Crippen LogP contribution in [0.3, 0.4) is 0 Å². The topological polar surface area (TPSA) is 69.4 Å². The molecule has 4 aliphatic rings. The Morgan fingerprint density at radius 2 is 1.84 bits per heavy atom. The van der Waals surface area contributed by atoms with Gasteiger partial charge in [-0.2, -0.15) is 0 Å². The minimum Gasteiger partial charge on any atom is -0.307 e. The SMILES string of the molecule is CC(C)C(=O)C12CC3CC(CC(O[N+](=O)[O-])(C3)C1)C2. The van der Waals surface area contributed by atoms with E-state index in [1.165, 1.54) is 0 Å². The van der Waals surface area contributed by atoms with Gasteiger partial charge in [0.1, 0.15) is 11.4 Å². The van der Waals surface area contributed by atoms with E-state index >= 15 is 0 Å². The van der Waals surface area contributed by atoms with Crippen LogP contribution in [0.2, 0.25) is 0 Å². The van der Waals surface area contributed by atoms with Gasteiger partial charge in [-0.3, -0.25) is 4.79 Å². The maximum atomic E-state index is 12.6. The summed E-state index contributed by atoms with van der Waals surface area (Å²) in [6.07, 6.45) is 5.04. The minimum atomic E-state index is -0.669. The number of carbonyl (C=O) groups is 1. The highest BCUT2D eigenvalue weighted by Gasteiger charge is 2.62. The normalized spacial score (nSPS) is 43.5. The lowest BCUT2D eigenvalue weighted by Crippen LogP contribution is -2.60. The van der Waals surface area contributed by atoms with Gasteiger partial charge in [0.15, 0.2) is 0 Å². The van der Waals surface area contributed by atoms with Crippen molar-refractivity contribution < 1.29 is 14.7 Å². The van der Waals surface area contributed by atoms with Gasteiger partial charge in [0.25, 0.3) is 5.09 Å². The summed E-state index contributed by atoms with van der Waals surface area (Å²) >= 11 is 0. The zero-order valence-electron chi connectivity index (χ0n) is 11.6. The second-order valence-electron chi connectivity index (χ2n) is 7.26. The largest absolute Gasteiger partial charge is 0.307 e. The zero-order valence-corrected chi connectivity index (χ0v) is 11.6. The minimum absolute atomic E-state index is 0.00362. The highest BCUT2D eigenvalue weighted by Crippen LogP contribution is 2.63. The molecule has 5 heteroatoms. The van der Waals surface area contributed by atoms with Crippen molar-refractivity contribution in [2.75, 3.05) is 0 Å². The van der Waals surface area contributed by atoms with Crippen LogP contribution in [-0.4, -0.2) is 16.5 Å². The van der Waals surface area contributed by atoms with Crippen molar-refractivity contribution in [3.05, 3.63) is 10.1 Å². The van der Waals surface area contributed by atoms with Crippen molar-refractivity contribution in [3.63, 3.8) is 0 Å². The van der Waals surface area contributed by atoms with Gasteiger partial charge in [-0.25, -0.2) is 0 Å². The molecule has 0 N–H and O–H groups in total. The summed E-state index contributed by atoms with van der Waals surface area (Å²) in [5.41, 5.74) is -1.01. The first-order chi connectivity index (χ1) is 8.84. The molecule has 0 amide bonds. The molecule has 2 atom stereocenters. The van der Waals surface area contributed by atoms with Crippen molar-refractivity contribution in [2.24, 2.45) is 23.2 Å². The quantitative estimate of drug-likeness (QED) is 0.580. The fraction of sp³-hybridized carbons (Fsp3) is 0.929. The maximum Gasteiger partial charge on any atom is 0.295 e.